The standard InChI is InChI=1S/C16H29NO3/c1-12(2)6-13(9-16-19-4-5-20-16)7-14-8-15(11-18)17(3)10-14/h8,12-13,15-16,18H,4-7,9-11H2,1-3H3/t13-,15-/m0/s1. The van der Waals surface area contributed by atoms with Gasteiger partial charge in [0.15, 0.2) is 6.29 Å². The summed E-state index contributed by atoms with van der Waals surface area (Å²) in [7, 11) is 2.07. The zero-order valence-electron chi connectivity index (χ0n) is 13.0. The second kappa shape index (κ2) is 7.55. The number of rotatable bonds is 7. The van der Waals surface area contributed by atoms with E-state index in [1.165, 1.54) is 12.0 Å². The van der Waals surface area contributed by atoms with Crippen LogP contribution in [-0.4, -0.2) is 55.8 Å². The Morgan fingerprint density at radius 1 is 1.35 bits per heavy atom. The van der Waals surface area contributed by atoms with E-state index >= 15 is 0 Å². The second-order valence-electron chi connectivity index (χ2n) is 6.60. The van der Waals surface area contributed by atoms with Gasteiger partial charge in [0.2, 0.25) is 0 Å². The number of ether oxygens (including phenoxy) is 2. The van der Waals surface area contributed by atoms with Crippen molar-refractivity contribution in [2.75, 3.05) is 33.4 Å². The molecular weight excluding hydrogens is 254 g/mol. The summed E-state index contributed by atoms with van der Waals surface area (Å²) in [5.74, 6) is 1.30. The van der Waals surface area contributed by atoms with Gasteiger partial charge < -0.3 is 14.6 Å². The van der Waals surface area contributed by atoms with Crippen LogP contribution in [0.1, 0.15) is 33.1 Å². The molecule has 0 unspecified atom stereocenters. The fourth-order valence-corrected chi connectivity index (χ4v) is 3.33. The third-order valence-electron chi connectivity index (χ3n) is 4.21. The Morgan fingerprint density at radius 3 is 2.60 bits per heavy atom. The Kier molecular flexibility index (Phi) is 6.02. The van der Waals surface area contributed by atoms with Gasteiger partial charge in [-0.25, -0.2) is 0 Å². The second-order valence-corrected chi connectivity index (χ2v) is 6.60. The van der Waals surface area contributed by atoms with Crippen molar-refractivity contribution in [3.63, 3.8) is 0 Å². The first-order chi connectivity index (χ1) is 9.58. The summed E-state index contributed by atoms with van der Waals surface area (Å²) < 4.78 is 11.2. The van der Waals surface area contributed by atoms with E-state index in [0.29, 0.717) is 11.8 Å². The zero-order chi connectivity index (χ0) is 14.5. The van der Waals surface area contributed by atoms with Gasteiger partial charge in [0.25, 0.3) is 0 Å². The highest BCUT2D eigenvalue weighted by Gasteiger charge is 2.26. The lowest BCUT2D eigenvalue weighted by molar-refractivity contribution is -0.0583. The molecule has 0 amide bonds. The zero-order valence-corrected chi connectivity index (χ0v) is 13.0. The smallest absolute Gasteiger partial charge is 0.158 e. The van der Waals surface area contributed by atoms with E-state index in [9.17, 15) is 5.11 Å². The fraction of sp³-hybridized carbons (Fsp3) is 0.875. The van der Waals surface area contributed by atoms with Gasteiger partial charge in [-0.15, -0.1) is 0 Å². The lowest BCUT2D eigenvalue weighted by atomic mass is 9.88. The van der Waals surface area contributed by atoms with Crippen molar-refractivity contribution in [3.8, 4) is 0 Å². The molecule has 20 heavy (non-hydrogen) atoms. The first kappa shape index (κ1) is 16.0. The molecule has 2 aliphatic heterocycles. The van der Waals surface area contributed by atoms with Crippen LogP contribution in [0.3, 0.4) is 0 Å². The summed E-state index contributed by atoms with van der Waals surface area (Å²) in [5, 5.41) is 9.34. The van der Waals surface area contributed by atoms with E-state index in [-0.39, 0.29) is 18.9 Å². The summed E-state index contributed by atoms with van der Waals surface area (Å²) >= 11 is 0. The van der Waals surface area contributed by atoms with E-state index in [0.717, 1.165) is 32.6 Å². The lowest BCUT2D eigenvalue weighted by Gasteiger charge is -2.22. The summed E-state index contributed by atoms with van der Waals surface area (Å²) in [6.07, 6.45) is 5.52. The molecule has 2 aliphatic rings. The van der Waals surface area contributed by atoms with Gasteiger partial charge in [0.1, 0.15) is 0 Å². The molecule has 116 valence electrons. The molecule has 2 rings (SSSR count). The summed E-state index contributed by atoms with van der Waals surface area (Å²) in [6.45, 7) is 7.20. The van der Waals surface area contributed by atoms with Gasteiger partial charge in [0, 0.05) is 13.0 Å². The first-order valence-electron chi connectivity index (χ1n) is 7.82. The molecule has 1 N–H and O–H groups in total. The average Bonchev–Trinajstić information content (AvgIpc) is 2.98. The number of hydrogen-bond donors (Lipinski definition) is 1. The van der Waals surface area contributed by atoms with Crippen LogP contribution in [0, 0.1) is 11.8 Å². The number of aliphatic hydroxyl groups is 1. The quantitative estimate of drug-likeness (QED) is 0.726. The molecule has 1 fully saturated rings. The molecular formula is C16H29NO3. The van der Waals surface area contributed by atoms with Crippen molar-refractivity contribution in [2.45, 2.75) is 45.4 Å². The summed E-state index contributed by atoms with van der Waals surface area (Å²) in [4.78, 5) is 2.21. The highest BCUT2D eigenvalue weighted by Crippen LogP contribution is 2.29. The van der Waals surface area contributed by atoms with Crippen LogP contribution >= 0.6 is 0 Å². The van der Waals surface area contributed by atoms with Crippen LogP contribution in [0.15, 0.2) is 11.6 Å². The van der Waals surface area contributed by atoms with E-state index < -0.39 is 0 Å². The molecule has 0 bridgehead atoms. The summed E-state index contributed by atoms with van der Waals surface area (Å²) in [6, 6.07) is 0.198. The minimum atomic E-state index is -0.00729. The van der Waals surface area contributed by atoms with Crippen molar-refractivity contribution >= 4 is 0 Å². The van der Waals surface area contributed by atoms with Crippen molar-refractivity contribution in [1.82, 2.24) is 4.90 Å². The maximum absolute atomic E-state index is 9.34. The molecule has 0 aromatic carbocycles. The van der Waals surface area contributed by atoms with Crippen LogP contribution in [0.2, 0.25) is 0 Å². The Bertz CT molecular complexity index is 324. The van der Waals surface area contributed by atoms with E-state index in [1.807, 2.05) is 0 Å². The van der Waals surface area contributed by atoms with Gasteiger partial charge >= 0.3 is 0 Å². The Labute approximate surface area is 122 Å². The molecule has 0 spiro atoms. The topological polar surface area (TPSA) is 41.9 Å². The van der Waals surface area contributed by atoms with Crippen molar-refractivity contribution < 1.29 is 14.6 Å². The SMILES string of the molecule is CC(C)C[C@@H](CC1=C[C@@H](CO)N(C)C1)CC1OCCO1. The lowest BCUT2D eigenvalue weighted by Crippen LogP contribution is -2.28. The third-order valence-corrected chi connectivity index (χ3v) is 4.21. The molecule has 0 radical (unpaired) electrons. The highest BCUT2D eigenvalue weighted by molar-refractivity contribution is 5.16. The fourth-order valence-electron chi connectivity index (χ4n) is 3.33. The van der Waals surface area contributed by atoms with Crippen LogP contribution in [0.5, 0.6) is 0 Å². The Balaban J connectivity index is 1.89. The van der Waals surface area contributed by atoms with Crippen molar-refractivity contribution in [2.24, 2.45) is 11.8 Å². The predicted molar refractivity (Wildman–Crippen MR) is 79.5 cm³/mol. The van der Waals surface area contributed by atoms with Crippen molar-refractivity contribution in [3.05, 3.63) is 11.6 Å². The van der Waals surface area contributed by atoms with Crippen LogP contribution in [0.25, 0.3) is 0 Å². The van der Waals surface area contributed by atoms with Crippen LogP contribution in [-0.2, 0) is 9.47 Å². The van der Waals surface area contributed by atoms with Gasteiger partial charge in [-0.3, -0.25) is 4.90 Å². The van der Waals surface area contributed by atoms with E-state index in [1.54, 1.807) is 0 Å². The Morgan fingerprint density at radius 2 is 2.05 bits per heavy atom. The highest BCUT2D eigenvalue weighted by atomic mass is 16.7. The minimum Gasteiger partial charge on any atom is -0.394 e. The van der Waals surface area contributed by atoms with Crippen LogP contribution < -0.4 is 0 Å². The number of nitrogens with zero attached hydrogens (tertiary/aromatic N) is 1. The Hall–Kier alpha value is -0.420. The average molecular weight is 283 g/mol. The minimum absolute atomic E-state index is 0.00729. The molecule has 0 aliphatic carbocycles. The normalized spacial score (nSPS) is 26.4. The molecule has 4 heteroatoms. The van der Waals surface area contributed by atoms with Gasteiger partial charge in [0.05, 0.1) is 25.9 Å². The monoisotopic (exact) mass is 283 g/mol. The molecule has 2 heterocycles. The molecule has 4 nitrogen and oxygen atoms in total. The van der Waals surface area contributed by atoms with E-state index in [4.69, 9.17) is 9.47 Å². The van der Waals surface area contributed by atoms with E-state index in [2.05, 4.69) is 31.9 Å². The van der Waals surface area contributed by atoms with Gasteiger partial charge in [-0.1, -0.05) is 25.5 Å². The van der Waals surface area contributed by atoms with Crippen LogP contribution in [0.4, 0.5) is 0 Å². The molecule has 0 aromatic heterocycles. The number of likely N-dealkylation sites (N-methyl/N-ethyl adjacent to an activating group) is 1. The number of hydrogen-bond acceptors (Lipinski definition) is 4. The number of aliphatic hydroxyl groups excluding tert-OH is 1. The van der Waals surface area contributed by atoms with Gasteiger partial charge in [-0.05, 0) is 31.7 Å². The third kappa shape index (κ3) is 4.55. The van der Waals surface area contributed by atoms with Gasteiger partial charge in [-0.2, -0.15) is 0 Å². The maximum Gasteiger partial charge on any atom is 0.158 e. The summed E-state index contributed by atoms with van der Waals surface area (Å²) in [5.41, 5.74) is 1.45. The largest absolute Gasteiger partial charge is 0.394 e. The molecule has 1 saturated heterocycles. The predicted octanol–water partition coefficient (Wildman–Crippen LogP) is 2.03. The van der Waals surface area contributed by atoms with Crippen molar-refractivity contribution in [1.29, 1.82) is 0 Å². The molecule has 0 saturated carbocycles. The first-order valence-corrected chi connectivity index (χ1v) is 7.82. The molecule has 2 atom stereocenters. The molecule has 0 aromatic rings. The maximum atomic E-state index is 9.34.